The van der Waals surface area contributed by atoms with Crippen LogP contribution >= 0.6 is 0 Å². The number of pyridine rings is 1. The maximum Gasteiger partial charge on any atom is 0.127 e. The largest absolute Gasteiger partial charge is 0.493 e. The van der Waals surface area contributed by atoms with Crippen molar-refractivity contribution in [2.75, 3.05) is 12.3 Å². The Hall–Kier alpha value is -2.03. The molecule has 2 aromatic rings. The summed E-state index contributed by atoms with van der Waals surface area (Å²) in [4.78, 5) is 4.33. The molecule has 1 heterocycles. The average molecular weight is 242 g/mol. The number of hydrogen-bond donors (Lipinski definition) is 1. The van der Waals surface area contributed by atoms with E-state index in [2.05, 4.69) is 11.9 Å². The molecule has 94 valence electrons. The van der Waals surface area contributed by atoms with Crippen LogP contribution in [0.2, 0.25) is 0 Å². The Balaban J connectivity index is 2.21. The van der Waals surface area contributed by atoms with Crippen molar-refractivity contribution < 1.29 is 4.74 Å². The van der Waals surface area contributed by atoms with Crippen LogP contribution in [-0.4, -0.2) is 11.6 Å². The van der Waals surface area contributed by atoms with Gasteiger partial charge in [-0.05, 0) is 6.42 Å². The molecular formula is C15H18N2O. The van der Waals surface area contributed by atoms with E-state index in [-0.39, 0.29) is 0 Å². The Morgan fingerprint density at radius 1 is 1.17 bits per heavy atom. The molecule has 0 aliphatic carbocycles. The van der Waals surface area contributed by atoms with Crippen LogP contribution in [0.3, 0.4) is 0 Å². The monoisotopic (exact) mass is 242 g/mol. The molecule has 18 heavy (non-hydrogen) atoms. The first kappa shape index (κ1) is 12.4. The van der Waals surface area contributed by atoms with Crippen LogP contribution in [0.25, 0.3) is 11.3 Å². The number of aromatic nitrogens is 1. The Morgan fingerprint density at radius 3 is 2.67 bits per heavy atom. The summed E-state index contributed by atoms with van der Waals surface area (Å²) in [5.74, 6) is 1.28. The lowest BCUT2D eigenvalue weighted by Crippen LogP contribution is -1.99. The summed E-state index contributed by atoms with van der Waals surface area (Å²) in [5, 5.41) is 0. The lowest BCUT2D eigenvalue weighted by molar-refractivity contribution is 0.309. The second kappa shape index (κ2) is 6.05. The molecule has 0 atom stereocenters. The maximum atomic E-state index is 5.81. The lowest BCUT2D eigenvalue weighted by atomic mass is 10.1. The van der Waals surface area contributed by atoms with Gasteiger partial charge in [0.2, 0.25) is 0 Å². The second-order valence-corrected chi connectivity index (χ2v) is 4.18. The van der Waals surface area contributed by atoms with Gasteiger partial charge in [-0.3, -0.25) is 0 Å². The van der Waals surface area contributed by atoms with Crippen molar-refractivity contribution in [1.29, 1.82) is 0 Å². The number of nitrogens with two attached hydrogens (primary N) is 1. The summed E-state index contributed by atoms with van der Waals surface area (Å²) in [6, 6.07) is 13.7. The molecule has 0 aliphatic heterocycles. The zero-order valence-electron chi connectivity index (χ0n) is 10.6. The Labute approximate surface area is 108 Å². The molecule has 0 spiro atoms. The van der Waals surface area contributed by atoms with Crippen molar-refractivity contribution in [2.24, 2.45) is 0 Å². The number of nitrogens with zero attached hydrogens (tertiary/aromatic N) is 1. The molecule has 2 N–H and O–H groups in total. The Kier molecular flexibility index (Phi) is 4.18. The van der Waals surface area contributed by atoms with Gasteiger partial charge in [0.15, 0.2) is 0 Å². The van der Waals surface area contributed by atoms with Gasteiger partial charge in [-0.2, -0.15) is 0 Å². The molecule has 0 bridgehead atoms. The van der Waals surface area contributed by atoms with Crippen LogP contribution in [0.5, 0.6) is 5.75 Å². The van der Waals surface area contributed by atoms with Gasteiger partial charge < -0.3 is 10.5 Å². The molecule has 0 amide bonds. The van der Waals surface area contributed by atoms with E-state index in [1.165, 1.54) is 0 Å². The molecule has 3 heteroatoms. The number of nitrogen functional groups attached to an aromatic ring is 1. The van der Waals surface area contributed by atoms with Crippen LogP contribution in [0.4, 0.5) is 5.82 Å². The van der Waals surface area contributed by atoms with Crippen molar-refractivity contribution in [2.45, 2.75) is 19.8 Å². The minimum Gasteiger partial charge on any atom is -0.493 e. The quantitative estimate of drug-likeness (QED) is 0.816. The first-order chi connectivity index (χ1) is 8.79. The predicted octanol–water partition coefficient (Wildman–Crippen LogP) is 3.51. The van der Waals surface area contributed by atoms with Crippen LogP contribution < -0.4 is 10.5 Å². The van der Waals surface area contributed by atoms with E-state index in [9.17, 15) is 0 Å². The highest BCUT2D eigenvalue weighted by atomic mass is 16.5. The number of unbranched alkanes of at least 4 members (excludes halogenated alkanes) is 1. The van der Waals surface area contributed by atoms with E-state index < -0.39 is 0 Å². The van der Waals surface area contributed by atoms with E-state index in [4.69, 9.17) is 10.5 Å². The van der Waals surface area contributed by atoms with Crippen molar-refractivity contribution >= 4 is 5.82 Å². The number of hydrogen-bond acceptors (Lipinski definition) is 3. The third-order valence-electron chi connectivity index (χ3n) is 2.65. The minimum atomic E-state index is 0.489. The molecule has 0 saturated carbocycles. The molecule has 2 rings (SSSR count). The molecule has 0 aliphatic rings. The Morgan fingerprint density at radius 2 is 1.94 bits per heavy atom. The number of rotatable bonds is 5. The topological polar surface area (TPSA) is 48.1 Å². The van der Waals surface area contributed by atoms with Crippen molar-refractivity contribution in [3.8, 4) is 17.0 Å². The molecular weight excluding hydrogens is 224 g/mol. The first-order valence-corrected chi connectivity index (χ1v) is 6.25. The zero-order valence-corrected chi connectivity index (χ0v) is 10.6. The number of ether oxygens (including phenoxy) is 1. The summed E-state index contributed by atoms with van der Waals surface area (Å²) in [7, 11) is 0. The van der Waals surface area contributed by atoms with E-state index in [1.54, 1.807) is 6.07 Å². The van der Waals surface area contributed by atoms with E-state index in [1.807, 2.05) is 36.4 Å². The predicted molar refractivity (Wildman–Crippen MR) is 74.5 cm³/mol. The summed E-state index contributed by atoms with van der Waals surface area (Å²) >= 11 is 0. The summed E-state index contributed by atoms with van der Waals surface area (Å²) < 4.78 is 5.67. The van der Waals surface area contributed by atoms with Gasteiger partial charge in [0, 0.05) is 17.7 Å². The van der Waals surface area contributed by atoms with Gasteiger partial charge >= 0.3 is 0 Å². The first-order valence-electron chi connectivity index (χ1n) is 6.25. The van der Waals surface area contributed by atoms with E-state index in [0.29, 0.717) is 12.4 Å². The minimum absolute atomic E-state index is 0.489. The third-order valence-corrected chi connectivity index (χ3v) is 2.65. The van der Waals surface area contributed by atoms with Crippen molar-refractivity contribution in [1.82, 2.24) is 4.98 Å². The van der Waals surface area contributed by atoms with Gasteiger partial charge in [0.1, 0.15) is 11.6 Å². The van der Waals surface area contributed by atoms with E-state index in [0.717, 1.165) is 29.8 Å². The normalized spacial score (nSPS) is 10.3. The van der Waals surface area contributed by atoms with Gasteiger partial charge in [-0.25, -0.2) is 4.98 Å². The highest BCUT2D eigenvalue weighted by Gasteiger charge is 2.03. The maximum absolute atomic E-state index is 5.81. The molecule has 0 unspecified atom stereocenters. The number of benzene rings is 1. The second-order valence-electron chi connectivity index (χ2n) is 4.18. The van der Waals surface area contributed by atoms with Crippen LogP contribution in [0.1, 0.15) is 19.8 Å². The fraction of sp³-hybridized carbons (Fsp3) is 0.267. The smallest absolute Gasteiger partial charge is 0.127 e. The fourth-order valence-corrected chi connectivity index (χ4v) is 1.70. The van der Waals surface area contributed by atoms with Crippen LogP contribution in [0, 0.1) is 0 Å². The van der Waals surface area contributed by atoms with Crippen LogP contribution in [-0.2, 0) is 0 Å². The molecule has 0 fully saturated rings. The van der Waals surface area contributed by atoms with Gasteiger partial charge in [0.05, 0.1) is 12.3 Å². The standard InChI is InChI=1S/C15H18N2O/c1-2-3-9-18-13-10-14(17-15(16)11-13)12-7-5-4-6-8-12/h4-8,10-11H,2-3,9H2,1H3,(H2,16,17). The molecule has 0 radical (unpaired) electrons. The lowest BCUT2D eigenvalue weighted by Gasteiger charge is -2.08. The van der Waals surface area contributed by atoms with Crippen LogP contribution in [0.15, 0.2) is 42.5 Å². The fourth-order valence-electron chi connectivity index (χ4n) is 1.70. The van der Waals surface area contributed by atoms with E-state index >= 15 is 0 Å². The molecule has 0 saturated heterocycles. The van der Waals surface area contributed by atoms with Gasteiger partial charge in [0.25, 0.3) is 0 Å². The van der Waals surface area contributed by atoms with Crippen molar-refractivity contribution in [3.05, 3.63) is 42.5 Å². The third kappa shape index (κ3) is 3.23. The zero-order chi connectivity index (χ0) is 12.8. The average Bonchev–Trinajstić information content (AvgIpc) is 2.39. The van der Waals surface area contributed by atoms with Gasteiger partial charge in [-0.15, -0.1) is 0 Å². The number of anilines is 1. The summed E-state index contributed by atoms with van der Waals surface area (Å²) in [5.41, 5.74) is 7.71. The summed E-state index contributed by atoms with van der Waals surface area (Å²) in [6.07, 6.45) is 2.16. The summed E-state index contributed by atoms with van der Waals surface area (Å²) in [6.45, 7) is 2.86. The SMILES string of the molecule is CCCCOc1cc(N)nc(-c2ccccc2)c1. The highest BCUT2D eigenvalue weighted by molar-refractivity contribution is 5.63. The molecule has 1 aromatic heterocycles. The molecule has 1 aromatic carbocycles. The Bertz CT molecular complexity index is 497. The van der Waals surface area contributed by atoms with Crippen molar-refractivity contribution in [3.63, 3.8) is 0 Å². The molecule has 3 nitrogen and oxygen atoms in total. The van der Waals surface area contributed by atoms with Gasteiger partial charge in [-0.1, -0.05) is 43.7 Å². The highest BCUT2D eigenvalue weighted by Crippen LogP contribution is 2.24.